The van der Waals surface area contributed by atoms with Crippen molar-refractivity contribution in [2.24, 2.45) is 5.92 Å². The van der Waals surface area contributed by atoms with Gasteiger partial charge in [0.15, 0.2) is 0 Å². The zero-order chi connectivity index (χ0) is 13.7. The van der Waals surface area contributed by atoms with Gasteiger partial charge in [0.25, 0.3) is 0 Å². The van der Waals surface area contributed by atoms with Gasteiger partial charge in [-0.25, -0.2) is 0 Å². The van der Waals surface area contributed by atoms with Gasteiger partial charge in [-0.05, 0) is 24.6 Å². The van der Waals surface area contributed by atoms with Crippen molar-refractivity contribution >= 4 is 5.69 Å². The summed E-state index contributed by atoms with van der Waals surface area (Å²) in [5.74, 6) is 1.28. The minimum Gasteiger partial charge on any atom is -0.491 e. The minimum atomic E-state index is 0.485. The molecule has 1 aromatic carbocycles. The topological polar surface area (TPSA) is 47.7 Å². The molecule has 4 heteroatoms. The van der Waals surface area contributed by atoms with Crippen LogP contribution in [0.5, 0.6) is 5.75 Å². The van der Waals surface area contributed by atoms with Crippen molar-refractivity contribution in [1.29, 1.82) is 0 Å². The van der Waals surface area contributed by atoms with Crippen LogP contribution in [0.3, 0.4) is 0 Å². The molecule has 1 atom stereocenters. The lowest BCUT2D eigenvalue weighted by atomic mass is 10.1. The van der Waals surface area contributed by atoms with Gasteiger partial charge >= 0.3 is 0 Å². The molecule has 1 heterocycles. The molecule has 19 heavy (non-hydrogen) atoms. The third kappa shape index (κ3) is 4.40. The quantitative estimate of drug-likeness (QED) is 0.826. The fraction of sp³-hybridized carbons (Fsp3) is 0.600. The zero-order valence-electron chi connectivity index (χ0n) is 11.9. The maximum atomic E-state index is 5.94. The number of ether oxygens (including phenoxy) is 2. The summed E-state index contributed by atoms with van der Waals surface area (Å²) in [5.41, 5.74) is 7.82. The third-order valence-electron chi connectivity index (χ3n) is 3.36. The molecule has 106 valence electrons. The fourth-order valence-corrected chi connectivity index (χ4v) is 2.31. The summed E-state index contributed by atoms with van der Waals surface area (Å²) in [6.07, 6.45) is 0. The van der Waals surface area contributed by atoms with Crippen molar-refractivity contribution in [3.63, 3.8) is 0 Å². The number of nitrogens with zero attached hydrogens (tertiary/aromatic N) is 1. The highest BCUT2D eigenvalue weighted by atomic mass is 16.5. The number of benzene rings is 1. The predicted molar refractivity (Wildman–Crippen MR) is 77.5 cm³/mol. The zero-order valence-corrected chi connectivity index (χ0v) is 11.9. The first-order valence-corrected chi connectivity index (χ1v) is 6.94. The summed E-state index contributed by atoms with van der Waals surface area (Å²) in [5, 5.41) is 0. The van der Waals surface area contributed by atoms with Crippen LogP contribution in [0.15, 0.2) is 18.2 Å². The van der Waals surface area contributed by atoms with Crippen molar-refractivity contribution in [3.8, 4) is 5.75 Å². The van der Waals surface area contributed by atoms with Crippen LogP contribution in [-0.2, 0) is 4.74 Å². The maximum absolute atomic E-state index is 5.94. The number of morpholine rings is 1. The summed E-state index contributed by atoms with van der Waals surface area (Å²) < 4.78 is 11.2. The number of hydrogen-bond donors (Lipinski definition) is 1. The Morgan fingerprint density at radius 1 is 1.37 bits per heavy atom. The van der Waals surface area contributed by atoms with E-state index in [0.29, 0.717) is 12.5 Å². The number of nitrogens with two attached hydrogens (primary N) is 1. The lowest BCUT2D eigenvalue weighted by Crippen LogP contribution is -2.39. The van der Waals surface area contributed by atoms with Gasteiger partial charge in [0.1, 0.15) is 5.75 Å². The molecule has 0 saturated carbocycles. The van der Waals surface area contributed by atoms with Crippen LogP contribution < -0.4 is 10.5 Å². The van der Waals surface area contributed by atoms with Crippen LogP contribution in [0.2, 0.25) is 0 Å². The monoisotopic (exact) mass is 264 g/mol. The number of aryl methyl sites for hydroxylation is 1. The molecule has 1 saturated heterocycles. The van der Waals surface area contributed by atoms with Crippen LogP contribution in [0.4, 0.5) is 5.69 Å². The lowest BCUT2D eigenvalue weighted by Gasteiger charge is -2.29. The minimum absolute atomic E-state index is 0.485. The molecule has 1 unspecified atom stereocenters. The van der Waals surface area contributed by atoms with Crippen LogP contribution in [0.1, 0.15) is 12.5 Å². The van der Waals surface area contributed by atoms with E-state index in [4.69, 9.17) is 15.2 Å². The van der Waals surface area contributed by atoms with Gasteiger partial charge in [-0.1, -0.05) is 13.0 Å². The Hall–Kier alpha value is -1.26. The number of rotatable bonds is 5. The SMILES string of the molecule is Cc1ccc(OCC(C)CN2CCOCC2)c(N)c1. The molecule has 1 aromatic rings. The van der Waals surface area contributed by atoms with Gasteiger partial charge in [-0.3, -0.25) is 4.90 Å². The molecule has 1 fully saturated rings. The summed E-state index contributed by atoms with van der Waals surface area (Å²) >= 11 is 0. The second-order valence-corrected chi connectivity index (χ2v) is 5.37. The van der Waals surface area contributed by atoms with Crippen LogP contribution >= 0.6 is 0 Å². The second-order valence-electron chi connectivity index (χ2n) is 5.37. The highest BCUT2D eigenvalue weighted by Crippen LogP contribution is 2.22. The van der Waals surface area contributed by atoms with Crippen molar-refractivity contribution < 1.29 is 9.47 Å². The van der Waals surface area contributed by atoms with E-state index < -0.39 is 0 Å². The summed E-state index contributed by atoms with van der Waals surface area (Å²) in [6, 6.07) is 5.92. The average molecular weight is 264 g/mol. The van der Waals surface area contributed by atoms with E-state index >= 15 is 0 Å². The highest BCUT2D eigenvalue weighted by Gasteiger charge is 2.14. The summed E-state index contributed by atoms with van der Waals surface area (Å²) in [7, 11) is 0. The lowest BCUT2D eigenvalue weighted by molar-refractivity contribution is 0.0284. The van der Waals surface area contributed by atoms with E-state index in [2.05, 4.69) is 11.8 Å². The Morgan fingerprint density at radius 3 is 2.79 bits per heavy atom. The Morgan fingerprint density at radius 2 is 2.11 bits per heavy atom. The van der Waals surface area contributed by atoms with E-state index in [-0.39, 0.29) is 0 Å². The van der Waals surface area contributed by atoms with E-state index in [0.717, 1.165) is 49.8 Å². The van der Waals surface area contributed by atoms with E-state index in [1.807, 2.05) is 25.1 Å². The molecule has 0 radical (unpaired) electrons. The smallest absolute Gasteiger partial charge is 0.142 e. The van der Waals surface area contributed by atoms with Crippen molar-refractivity contribution in [1.82, 2.24) is 4.90 Å². The fourth-order valence-electron chi connectivity index (χ4n) is 2.31. The standard InChI is InChI=1S/C15H24N2O2/c1-12-3-4-15(14(16)9-12)19-11-13(2)10-17-5-7-18-8-6-17/h3-4,9,13H,5-8,10-11,16H2,1-2H3. The molecule has 0 amide bonds. The number of hydrogen-bond acceptors (Lipinski definition) is 4. The molecule has 0 aliphatic carbocycles. The number of anilines is 1. The molecule has 4 nitrogen and oxygen atoms in total. The predicted octanol–water partition coefficient (Wildman–Crippen LogP) is 1.92. The molecule has 0 aromatic heterocycles. The van der Waals surface area contributed by atoms with E-state index in [1.54, 1.807) is 0 Å². The van der Waals surface area contributed by atoms with Crippen LogP contribution in [0, 0.1) is 12.8 Å². The molecular formula is C15H24N2O2. The first-order valence-electron chi connectivity index (χ1n) is 6.94. The molecule has 0 bridgehead atoms. The molecule has 0 spiro atoms. The third-order valence-corrected chi connectivity index (χ3v) is 3.36. The van der Waals surface area contributed by atoms with Crippen molar-refractivity contribution in [2.75, 3.05) is 45.2 Å². The van der Waals surface area contributed by atoms with Crippen molar-refractivity contribution in [2.45, 2.75) is 13.8 Å². The molecular weight excluding hydrogens is 240 g/mol. The summed E-state index contributed by atoms with van der Waals surface area (Å²) in [6.45, 7) is 9.73. The van der Waals surface area contributed by atoms with Gasteiger partial charge in [-0.15, -0.1) is 0 Å². The number of nitrogen functional groups attached to an aromatic ring is 1. The Kier molecular flexibility index (Phi) is 5.05. The molecule has 1 aliphatic rings. The maximum Gasteiger partial charge on any atom is 0.142 e. The van der Waals surface area contributed by atoms with Crippen LogP contribution in [0.25, 0.3) is 0 Å². The highest BCUT2D eigenvalue weighted by molar-refractivity contribution is 5.53. The molecule has 2 N–H and O–H groups in total. The van der Waals surface area contributed by atoms with E-state index in [1.165, 1.54) is 0 Å². The van der Waals surface area contributed by atoms with Gasteiger partial charge < -0.3 is 15.2 Å². The average Bonchev–Trinajstić information content (AvgIpc) is 2.39. The van der Waals surface area contributed by atoms with Gasteiger partial charge in [0.2, 0.25) is 0 Å². The largest absolute Gasteiger partial charge is 0.491 e. The summed E-state index contributed by atoms with van der Waals surface area (Å²) in [4.78, 5) is 2.43. The van der Waals surface area contributed by atoms with Gasteiger partial charge in [0, 0.05) is 25.6 Å². The Labute approximate surface area is 115 Å². The Balaban J connectivity index is 1.77. The van der Waals surface area contributed by atoms with E-state index in [9.17, 15) is 0 Å². The molecule has 2 rings (SSSR count). The first kappa shape index (κ1) is 14.2. The van der Waals surface area contributed by atoms with Gasteiger partial charge in [-0.2, -0.15) is 0 Å². The van der Waals surface area contributed by atoms with Crippen molar-refractivity contribution in [3.05, 3.63) is 23.8 Å². The van der Waals surface area contributed by atoms with Gasteiger partial charge in [0.05, 0.1) is 25.5 Å². The Bertz CT molecular complexity index is 403. The second kappa shape index (κ2) is 6.78. The molecule has 1 aliphatic heterocycles. The normalized spacial score (nSPS) is 18.2. The first-order chi connectivity index (χ1) is 9.15. The van der Waals surface area contributed by atoms with Crippen LogP contribution in [-0.4, -0.2) is 44.4 Å².